The van der Waals surface area contributed by atoms with Gasteiger partial charge in [-0.1, -0.05) is 41.9 Å². The number of nitrogens with zero attached hydrogens (tertiary/aromatic N) is 6. The molecule has 256 valence electrons. The summed E-state index contributed by atoms with van der Waals surface area (Å²) in [7, 11) is 5.13. The van der Waals surface area contributed by atoms with Gasteiger partial charge in [0, 0.05) is 91.4 Å². The van der Waals surface area contributed by atoms with E-state index in [1.54, 1.807) is 39.2 Å². The maximum Gasteiger partial charge on any atom is 0.229 e. The molecule has 2 aliphatic rings. The first-order valence-electron chi connectivity index (χ1n) is 16.3. The molecule has 0 radical (unpaired) electrons. The van der Waals surface area contributed by atoms with Crippen LogP contribution >= 0.6 is 11.6 Å². The second kappa shape index (κ2) is 16.0. The molecule has 13 heteroatoms. The van der Waals surface area contributed by atoms with Gasteiger partial charge in [-0.15, -0.1) is 0 Å². The molecular formula is C35H45ClN8O4. The molecule has 12 nitrogen and oxygen atoms in total. The van der Waals surface area contributed by atoms with Gasteiger partial charge in [-0.2, -0.15) is 4.98 Å². The van der Waals surface area contributed by atoms with Crippen LogP contribution in [0.2, 0.25) is 5.02 Å². The standard InChI is InChI=1S/C35H45ClN8O4/c1-24(45)42-12-14-43(15-13-42)28-10-11-30(31(19-28)48-4)39-35-38-21-29(36)34(40-35)44-22-26(16-27(23-44)18-33(47)41(2)3)17-32(46)37-20-25-8-6-5-7-9-25/h5-11,19,21,26-27H,12-18,20,22-23H2,1-4H3,(H,37,46)(H,38,39,40)/t26-,27+/m0/s1. The molecule has 3 aromatic rings. The van der Waals surface area contributed by atoms with Crippen LogP contribution in [0.1, 0.15) is 31.7 Å². The van der Waals surface area contributed by atoms with Crippen LogP contribution in [0.3, 0.4) is 0 Å². The van der Waals surface area contributed by atoms with E-state index >= 15 is 0 Å². The summed E-state index contributed by atoms with van der Waals surface area (Å²) in [4.78, 5) is 54.5. The third kappa shape index (κ3) is 9.06. The minimum atomic E-state index is -0.0317. The highest BCUT2D eigenvalue weighted by Crippen LogP contribution is 2.35. The number of methoxy groups -OCH3 is 1. The predicted octanol–water partition coefficient (Wildman–Crippen LogP) is 4.18. The first-order chi connectivity index (χ1) is 23.1. The summed E-state index contributed by atoms with van der Waals surface area (Å²) in [5, 5.41) is 6.72. The fourth-order valence-electron chi connectivity index (χ4n) is 6.37. The Kier molecular flexibility index (Phi) is 11.6. The molecule has 3 amide bonds. The highest BCUT2D eigenvalue weighted by Gasteiger charge is 2.32. The molecule has 2 aliphatic heterocycles. The average molecular weight is 677 g/mol. The van der Waals surface area contributed by atoms with E-state index in [9.17, 15) is 14.4 Å². The molecule has 2 atom stereocenters. The fraction of sp³-hybridized carbons (Fsp3) is 0.457. The summed E-state index contributed by atoms with van der Waals surface area (Å²) >= 11 is 6.70. The molecule has 48 heavy (non-hydrogen) atoms. The van der Waals surface area contributed by atoms with Crippen molar-refractivity contribution in [1.82, 2.24) is 25.1 Å². The van der Waals surface area contributed by atoms with E-state index in [4.69, 9.17) is 21.3 Å². The molecular weight excluding hydrogens is 632 g/mol. The van der Waals surface area contributed by atoms with E-state index in [-0.39, 0.29) is 29.6 Å². The summed E-state index contributed by atoms with van der Waals surface area (Å²) in [6.45, 7) is 6.05. The van der Waals surface area contributed by atoms with Gasteiger partial charge in [0.15, 0.2) is 5.82 Å². The normalized spacial score (nSPS) is 17.9. The van der Waals surface area contributed by atoms with Crippen molar-refractivity contribution >= 4 is 52.5 Å². The van der Waals surface area contributed by atoms with Gasteiger partial charge in [-0.3, -0.25) is 14.4 Å². The number of amides is 3. The van der Waals surface area contributed by atoms with Gasteiger partial charge in [-0.05, 0) is 36.0 Å². The van der Waals surface area contributed by atoms with E-state index < -0.39 is 0 Å². The average Bonchev–Trinajstić information content (AvgIpc) is 3.08. The maximum absolute atomic E-state index is 13.0. The molecule has 2 N–H and O–H groups in total. The number of halogens is 1. The van der Waals surface area contributed by atoms with Crippen molar-refractivity contribution in [1.29, 1.82) is 0 Å². The molecule has 0 saturated carbocycles. The predicted molar refractivity (Wildman–Crippen MR) is 188 cm³/mol. The van der Waals surface area contributed by atoms with Crippen molar-refractivity contribution in [2.45, 2.75) is 32.7 Å². The summed E-state index contributed by atoms with van der Waals surface area (Å²) < 4.78 is 5.73. The number of ether oxygens (including phenoxy) is 1. The lowest BCUT2D eigenvalue weighted by molar-refractivity contribution is -0.130. The molecule has 0 spiro atoms. The van der Waals surface area contributed by atoms with Gasteiger partial charge in [0.05, 0.1) is 19.0 Å². The number of carbonyl (C=O) groups excluding carboxylic acids is 3. The molecule has 5 rings (SSSR count). The minimum Gasteiger partial charge on any atom is -0.494 e. The second-order valence-corrected chi connectivity index (χ2v) is 13.1. The van der Waals surface area contributed by atoms with E-state index in [0.717, 1.165) is 30.8 Å². The van der Waals surface area contributed by atoms with Crippen LogP contribution in [-0.4, -0.2) is 98.0 Å². The largest absolute Gasteiger partial charge is 0.494 e. The Hall–Kier alpha value is -4.58. The zero-order valence-corrected chi connectivity index (χ0v) is 28.9. The minimum absolute atomic E-state index is 0.00174. The first kappa shape index (κ1) is 34.7. The number of aromatic nitrogens is 2. The number of piperazine rings is 1. The summed E-state index contributed by atoms with van der Waals surface area (Å²) in [6, 6.07) is 15.7. The Morgan fingerprint density at radius 2 is 1.69 bits per heavy atom. The monoisotopic (exact) mass is 676 g/mol. The van der Waals surface area contributed by atoms with Gasteiger partial charge in [0.1, 0.15) is 10.8 Å². The number of nitrogens with one attached hydrogen (secondary N) is 2. The van der Waals surface area contributed by atoms with E-state index in [1.165, 1.54) is 0 Å². The van der Waals surface area contributed by atoms with E-state index in [2.05, 4.69) is 25.4 Å². The summed E-state index contributed by atoms with van der Waals surface area (Å²) in [5.41, 5.74) is 2.74. The maximum atomic E-state index is 13.0. The lowest BCUT2D eigenvalue weighted by atomic mass is 9.84. The van der Waals surface area contributed by atoms with Crippen LogP contribution in [-0.2, 0) is 20.9 Å². The number of benzene rings is 2. The zero-order chi connectivity index (χ0) is 34.2. The Balaban J connectivity index is 1.30. The van der Waals surface area contributed by atoms with Crippen LogP contribution in [0.4, 0.5) is 23.1 Å². The third-order valence-corrected chi connectivity index (χ3v) is 9.21. The van der Waals surface area contributed by atoms with Crippen molar-refractivity contribution in [3.05, 3.63) is 65.3 Å². The Morgan fingerprint density at radius 1 is 0.979 bits per heavy atom. The topological polar surface area (TPSA) is 123 Å². The van der Waals surface area contributed by atoms with Crippen molar-refractivity contribution in [3.63, 3.8) is 0 Å². The SMILES string of the molecule is COc1cc(N2CCN(C(C)=O)CC2)ccc1Nc1ncc(Cl)c(N2C[C@H](CC(=O)NCc3ccccc3)C[C@H](CC(=O)N(C)C)C2)n1. The van der Waals surface area contributed by atoms with Gasteiger partial charge < -0.3 is 35.0 Å². The van der Waals surface area contributed by atoms with Crippen LogP contribution in [0.5, 0.6) is 5.75 Å². The van der Waals surface area contributed by atoms with Gasteiger partial charge in [0.25, 0.3) is 0 Å². The van der Waals surface area contributed by atoms with Crippen molar-refractivity contribution in [2.24, 2.45) is 11.8 Å². The number of rotatable bonds is 11. The molecule has 0 unspecified atom stereocenters. The number of carbonyl (C=O) groups is 3. The van der Waals surface area contributed by atoms with Crippen LogP contribution < -0.4 is 25.2 Å². The molecule has 0 bridgehead atoms. The Bertz CT molecular complexity index is 1580. The smallest absolute Gasteiger partial charge is 0.229 e. The summed E-state index contributed by atoms with van der Waals surface area (Å²) in [6.07, 6.45) is 3.01. The number of anilines is 4. The van der Waals surface area contributed by atoms with Crippen molar-refractivity contribution in [3.8, 4) is 5.75 Å². The third-order valence-electron chi connectivity index (χ3n) is 8.94. The molecule has 2 saturated heterocycles. The highest BCUT2D eigenvalue weighted by molar-refractivity contribution is 6.32. The van der Waals surface area contributed by atoms with Gasteiger partial charge in [-0.25, -0.2) is 4.98 Å². The second-order valence-electron chi connectivity index (χ2n) is 12.7. The number of hydrogen-bond donors (Lipinski definition) is 2. The van der Waals surface area contributed by atoms with Crippen LogP contribution in [0.15, 0.2) is 54.7 Å². The molecule has 3 heterocycles. The Labute approximate surface area is 287 Å². The first-order valence-corrected chi connectivity index (χ1v) is 16.7. The fourth-order valence-corrected chi connectivity index (χ4v) is 6.58. The van der Waals surface area contributed by atoms with E-state index in [1.807, 2.05) is 53.4 Å². The molecule has 0 aliphatic carbocycles. The van der Waals surface area contributed by atoms with Gasteiger partial charge in [0.2, 0.25) is 23.7 Å². The zero-order valence-electron chi connectivity index (χ0n) is 28.1. The highest BCUT2D eigenvalue weighted by atomic mass is 35.5. The van der Waals surface area contributed by atoms with Crippen molar-refractivity contribution in [2.75, 3.05) is 75.6 Å². The number of piperidine rings is 1. The quantitative estimate of drug-likeness (QED) is 0.308. The summed E-state index contributed by atoms with van der Waals surface area (Å²) in [5.74, 6) is 1.65. The lowest BCUT2D eigenvalue weighted by Gasteiger charge is -2.39. The molecule has 2 aromatic carbocycles. The van der Waals surface area contributed by atoms with E-state index in [0.29, 0.717) is 73.8 Å². The van der Waals surface area contributed by atoms with Crippen LogP contribution in [0.25, 0.3) is 0 Å². The Morgan fingerprint density at radius 3 is 2.35 bits per heavy atom. The number of hydrogen-bond acceptors (Lipinski definition) is 9. The molecule has 2 fully saturated rings. The van der Waals surface area contributed by atoms with Crippen LogP contribution in [0, 0.1) is 11.8 Å². The lowest BCUT2D eigenvalue weighted by Crippen LogP contribution is -2.48. The van der Waals surface area contributed by atoms with Gasteiger partial charge >= 0.3 is 0 Å². The molecule has 1 aromatic heterocycles. The van der Waals surface area contributed by atoms with Crippen molar-refractivity contribution < 1.29 is 19.1 Å².